The predicted octanol–water partition coefficient (Wildman–Crippen LogP) is 3.07. The minimum absolute atomic E-state index is 0.0827. The third-order valence-electron chi connectivity index (χ3n) is 3.97. The normalized spacial score (nSPS) is 11.2. The fourth-order valence-electron chi connectivity index (χ4n) is 2.50. The quantitative estimate of drug-likeness (QED) is 0.334. The lowest BCUT2D eigenvalue weighted by Gasteiger charge is -2.09. The van der Waals surface area contributed by atoms with Crippen LogP contribution in [0.2, 0.25) is 5.02 Å². The van der Waals surface area contributed by atoms with E-state index < -0.39 is 18.4 Å². The first-order chi connectivity index (χ1) is 14.0. The molecule has 0 spiro atoms. The van der Waals surface area contributed by atoms with Crippen molar-refractivity contribution in [3.05, 3.63) is 70.5 Å². The number of carbonyl (C=O) groups excluding carboxylic acids is 2. The number of rotatable bonds is 7. The van der Waals surface area contributed by atoms with Crippen molar-refractivity contribution < 1.29 is 19.1 Å². The van der Waals surface area contributed by atoms with Crippen molar-refractivity contribution in [1.29, 1.82) is 0 Å². The summed E-state index contributed by atoms with van der Waals surface area (Å²) in [5.74, 6) is -0.299. The third kappa shape index (κ3) is 4.85. The number of ketones is 1. The van der Waals surface area contributed by atoms with Crippen LogP contribution in [0, 0.1) is 6.92 Å². The van der Waals surface area contributed by atoms with Gasteiger partial charge in [0.1, 0.15) is 5.75 Å². The highest BCUT2D eigenvalue weighted by molar-refractivity contribution is 6.32. The van der Waals surface area contributed by atoms with E-state index in [2.05, 4.69) is 15.5 Å². The number of carbonyl (C=O) groups is 2. The highest BCUT2D eigenvalue weighted by Gasteiger charge is 2.20. The molecule has 0 fully saturated rings. The SMILES string of the molecule is COc1ccc(C(=O)COC(=O)/C(=C/c2ccccc2)n2nnnc2C)cc1Cl. The van der Waals surface area contributed by atoms with Crippen LogP contribution in [-0.4, -0.2) is 45.7 Å². The van der Waals surface area contributed by atoms with Gasteiger partial charge in [-0.15, -0.1) is 5.10 Å². The van der Waals surface area contributed by atoms with Gasteiger partial charge in [0.25, 0.3) is 0 Å². The summed E-state index contributed by atoms with van der Waals surface area (Å²) in [5, 5.41) is 11.5. The maximum atomic E-state index is 12.7. The molecule has 1 aromatic heterocycles. The van der Waals surface area contributed by atoms with Crippen molar-refractivity contribution in [2.75, 3.05) is 13.7 Å². The molecule has 0 unspecified atom stereocenters. The van der Waals surface area contributed by atoms with Gasteiger partial charge in [-0.3, -0.25) is 4.79 Å². The van der Waals surface area contributed by atoms with Crippen LogP contribution in [0.5, 0.6) is 5.75 Å². The summed E-state index contributed by atoms with van der Waals surface area (Å²) in [6.07, 6.45) is 1.58. The van der Waals surface area contributed by atoms with Crippen LogP contribution in [-0.2, 0) is 9.53 Å². The summed E-state index contributed by atoms with van der Waals surface area (Å²) < 4.78 is 11.5. The fourth-order valence-corrected chi connectivity index (χ4v) is 2.75. The van der Waals surface area contributed by atoms with E-state index in [4.69, 9.17) is 21.1 Å². The molecule has 0 amide bonds. The molecule has 0 radical (unpaired) electrons. The Kier molecular flexibility index (Phi) is 6.36. The maximum absolute atomic E-state index is 12.7. The van der Waals surface area contributed by atoms with Gasteiger partial charge >= 0.3 is 5.97 Å². The second kappa shape index (κ2) is 9.11. The number of hydrogen-bond acceptors (Lipinski definition) is 7. The molecule has 3 rings (SSSR count). The summed E-state index contributed by atoms with van der Waals surface area (Å²) >= 11 is 6.04. The molecule has 1 heterocycles. The zero-order valence-corrected chi connectivity index (χ0v) is 16.5. The second-order valence-electron chi connectivity index (χ2n) is 5.93. The Morgan fingerprint density at radius 2 is 1.93 bits per heavy atom. The summed E-state index contributed by atoms with van der Waals surface area (Å²) in [6, 6.07) is 13.7. The molecule has 8 nitrogen and oxygen atoms in total. The number of esters is 1. The number of aromatic nitrogens is 4. The maximum Gasteiger partial charge on any atom is 0.357 e. The summed E-state index contributed by atoms with van der Waals surface area (Å²) in [4.78, 5) is 25.1. The molecule has 2 aromatic carbocycles. The van der Waals surface area contributed by atoms with E-state index in [0.717, 1.165) is 5.56 Å². The average molecular weight is 413 g/mol. The lowest BCUT2D eigenvalue weighted by atomic mass is 10.1. The number of Topliss-reactive ketones (excluding diaryl/α,β-unsaturated/α-hetero) is 1. The molecule has 9 heteroatoms. The van der Waals surface area contributed by atoms with Crippen LogP contribution < -0.4 is 4.74 Å². The molecule has 29 heavy (non-hydrogen) atoms. The first-order valence-corrected chi connectivity index (χ1v) is 8.93. The van der Waals surface area contributed by atoms with Crippen molar-refractivity contribution >= 4 is 35.1 Å². The Bertz CT molecular complexity index is 1060. The number of tetrazole rings is 1. The first kappa shape index (κ1) is 20.2. The van der Waals surface area contributed by atoms with Gasteiger partial charge in [-0.2, -0.15) is 4.68 Å². The van der Waals surface area contributed by atoms with Crippen LogP contribution in [0.3, 0.4) is 0 Å². The van der Waals surface area contributed by atoms with Gasteiger partial charge < -0.3 is 9.47 Å². The number of hydrogen-bond donors (Lipinski definition) is 0. The van der Waals surface area contributed by atoms with Crippen molar-refractivity contribution in [2.24, 2.45) is 0 Å². The molecule has 3 aromatic rings. The van der Waals surface area contributed by atoms with Gasteiger partial charge in [0.15, 0.2) is 23.9 Å². The molecule has 0 saturated carbocycles. The molecule has 148 valence electrons. The van der Waals surface area contributed by atoms with E-state index in [-0.39, 0.29) is 5.70 Å². The van der Waals surface area contributed by atoms with E-state index in [0.29, 0.717) is 22.2 Å². The Hall–Kier alpha value is -3.52. The number of methoxy groups -OCH3 is 1. The number of aryl methyl sites for hydroxylation is 1. The Morgan fingerprint density at radius 1 is 1.17 bits per heavy atom. The Morgan fingerprint density at radius 3 is 2.55 bits per heavy atom. The summed E-state index contributed by atoms with van der Waals surface area (Å²) in [7, 11) is 1.48. The van der Waals surface area contributed by atoms with E-state index in [9.17, 15) is 9.59 Å². The monoisotopic (exact) mass is 412 g/mol. The Balaban J connectivity index is 1.79. The molecule has 0 aliphatic rings. The molecule has 0 saturated heterocycles. The number of benzene rings is 2. The van der Waals surface area contributed by atoms with Crippen molar-refractivity contribution in [3.63, 3.8) is 0 Å². The van der Waals surface area contributed by atoms with E-state index in [1.807, 2.05) is 30.3 Å². The van der Waals surface area contributed by atoms with Gasteiger partial charge in [0, 0.05) is 5.56 Å². The molecular weight excluding hydrogens is 396 g/mol. The van der Waals surface area contributed by atoms with Crippen LogP contribution in [0.15, 0.2) is 48.5 Å². The summed E-state index contributed by atoms with van der Waals surface area (Å²) in [5.41, 5.74) is 1.14. The zero-order valence-electron chi connectivity index (χ0n) is 15.7. The minimum Gasteiger partial charge on any atom is -0.495 e. The second-order valence-corrected chi connectivity index (χ2v) is 6.33. The standard InChI is InChI=1S/C20H17ClN4O4/c1-13-22-23-24-25(13)17(10-14-6-4-3-5-7-14)20(27)29-12-18(26)15-8-9-19(28-2)16(21)11-15/h3-11H,12H2,1-2H3/b17-10-. The van der Waals surface area contributed by atoms with Crippen molar-refractivity contribution in [3.8, 4) is 5.75 Å². The fraction of sp³-hybridized carbons (Fsp3) is 0.150. The lowest BCUT2D eigenvalue weighted by molar-refractivity contribution is -0.136. The molecule has 0 N–H and O–H groups in total. The average Bonchev–Trinajstić information content (AvgIpc) is 3.16. The smallest absolute Gasteiger partial charge is 0.357 e. The molecular formula is C20H17ClN4O4. The van der Waals surface area contributed by atoms with Gasteiger partial charge in [-0.05, 0) is 47.2 Å². The van der Waals surface area contributed by atoms with Gasteiger partial charge in [0.05, 0.1) is 12.1 Å². The van der Waals surface area contributed by atoms with Gasteiger partial charge in [-0.1, -0.05) is 41.9 Å². The molecule has 0 bridgehead atoms. The molecule has 0 aliphatic carbocycles. The van der Waals surface area contributed by atoms with Crippen LogP contribution in [0.25, 0.3) is 11.8 Å². The number of ether oxygens (including phenoxy) is 2. The zero-order chi connectivity index (χ0) is 20.8. The molecule has 0 atom stereocenters. The van der Waals surface area contributed by atoms with Gasteiger partial charge in [-0.25, -0.2) is 4.79 Å². The first-order valence-electron chi connectivity index (χ1n) is 8.55. The summed E-state index contributed by atoms with van der Waals surface area (Å²) in [6.45, 7) is 1.19. The highest BCUT2D eigenvalue weighted by atomic mass is 35.5. The van der Waals surface area contributed by atoms with Gasteiger partial charge in [0.2, 0.25) is 0 Å². The number of nitrogens with zero attached hydrogens (tertiary/aromatic N) is 4. The van der Waals surface area contributed by atoms with E-state index in [1.165, 1.54) is 17.9 Å². The van der Waals surface area contributed by atoms with Crippen LogP contribution in [0.4, 0.5) is 0 Å². The third-order valence-corrected chi connectivity index (χ3v) is 4.27. The minimum atomic E-state index is -0.739. The molecule has 0 aliphatic heterocycles. The van der Waals surface area contributed by atoms with Crippen molar-refractivity contribution in [2.45, 2.75) is 6.92 Å². The Labute approximate surface area is 171 Å². The van der Waals surface area contributed by atoms with Crippen molar-refractivity contribution in [1.82, 2.24) is 20.2 Å². The van der Waals surface area contributed by atoms with E-state index in [1.54, 1.807) is 25.1 Å². The van der Waals surface area contributed by atoms with E-state index >= 15 is 0 Å². The topological polar surface area (TPSA) is 96.2 Å². The largest absolute Gasteiger partial charge is 0.495 e. The van der Waals surface area contributed by atoms with Crippen LogP contribution >= 0.6 is 11.6 Å². The van der Waals surface area contributed by atoms with Crippen LogP contribution in [0.1, 0.15) is 21.7 Å². The predicted molar refractivity (Wildman–Crippen MR) is 106 cm³/mol. The number of halogens is 1. The highest BCUT2D eigenvalue weighted by Crippen LogP contribution is 2.25. The lowest BCUT2D eigenvalue weighted by Crippen LogP contribution is -2.19.